The van der Waals surface area contributed by atoms with Crippen LogP contribution in [0.15, 0.2) is 36.4 Å². The number of aromatic hydroxyl groups is 3. The van der Waals surface area contributed by atoms with E-state index >= 15 is 0 Å². The molecule has 2 aromatic rings. The Kier molecular flexibility index (Phi) is 5.87. The first-order chi connectivity index (χ1) is 13.3. The van der Waals surface area contributed by atoms with Gasteiger partial charge in [-0.1, -0.05) is 18.2 Å². The lowest BCUT2D eigenvalue weighted by molar-refractivity contribution is -0.231. The van der Waals surface area contributed by atoms with Gasteiger partial charge in [0.25, 0.3) is 0 Å². The summed E-state index contributed by atoms with van der Waals surface area (Å²) in [5, 5.41) is 68.3. The second kappa shape index (κ2) is 8.17. The van der Waals surface area contributed by atoms with E-state index in [1.807, 2.05) is 0 Å². The van der Waals surface area contributed by atoms with Crippen LogP contribution < -0.4 is 0 Å². The van der Waals surface area contributed by atoms with Gasteiger partial charge in [-0.25, -0.2) is 0 Å². The molecule has 0 spiro atoms. The van der Waals surface area contributed by atoms with E-state index < -0.39 is 37.1 Å². The minimum Gasteiger partial charge on any atom is -0.508 e. The monoisotopic (exact) mass is 390 g/mol. The van der Waals surface area contributed by atoms with Crippen molar-refractivity contribution in [3.63, 3.8) is 0 Å². The second-order valence-electron chi connectivity index (χ2n) is 6.69. The summed E-state index contributed by atoms with van der Waals surface area (Å²) in [4.78, 5) is 0. The van der Waals surface area contributed by atoms with Crippen LogP contribution in [0.1, 0.15) is 22.8 Å². The Labute approximate surface area is 160 Å². The lowest BCUT2D eigenvalue weighted by atomic mass is 9.90. The predicted molar refractivity (Wildman–Crippen MR) is 99.5 cm³/mol. The number of hydrogen-bond donors (Lipinski definition) is 7. The largest absolute Gasteiger partial charge is 0.508 e. The number of rotatable bonds is 4. The van der Waals surface area contributed by atoms with Crippen molar-refractivity contribution < 1.29 is 40.5 Å². The fourth-order valence-corrected chi connectivity index (χ4v) is 3.13. The van der Waals surface area contributed by atoms with Crippen molar-refractivity contribution >= 4 is 12.2 Å². The fourth-order valence-electron chi connectivity index (χ4n) is 3.13. The number of phenolic OH excluding ortho intramolecular Hbond substituents is 3. The molecule has 0 aromatic heterocycles. The van der Waals surface area contributed by atoms with Gasteiger partial charge < -0.3 is 40.5 Å². The van der Waals surface area contributed by atoms with Crippen LogP contribution in [0.3, 0.4) is 0 Å². The van der Waals surface area contributed by atoms with Gasteiger partial charge in [0.2, 0.25) is 0 Å². The summed E-state index contributed by atoms with van der Waals surface area (Å²) in [5.41, 5.74) is 1.50. The lowest BCUT2D eigenvalue weighted by Crippen LogP contribution is -2.55. The molecule has 28 heavy (non-hydrogen) atoms. The summed E-state index contributed by atoms with van der Waals surface area (Å²) in [7, 11) is 0. The molecule has 0 aliphatic carbocycles. The van der Waals surface area contributed by atoms with Gasteiger partial charge in [0.05, 0.1) is 6.61 Å². The molecule has 1 fully saturated rings. The van der Waals surface area contributed by atoms with Gasteiger partial charge in [-0.3, -0.25) is 0 Å². The highest BCUT2D eigenvalue weighted by Gasteiger charge is 2.44. The summed E-state index contributed by atoms with van der Waals surface area (Å²) in [6.07, 6.45) is -3.26. The minimum absolute atomic E-state index is 0.109. The summed E-state index contributed by atoms with van der Waals surface area (Å²) < 4.78 is 5.51. The predicted octanol–water partition coefficient (Wildman–Crippen LogP) is 0.489. The van der Waals surface area contributed by atoms with Crippen molar-refractivity contribution in [1.82, 2.24) is 0 Å². The maximum Gasteiger partial charge on any atom is 0.157 e. The van der Waals surface area contributed by atoms with Crippen molar-refractivity contribution in [3.8, 4) is 17.2 Å². The van der Waals surface area contributed by atoms with Gasteiger partial charge in [0.1, 0.15) is 36.3 Å². The number of aliphatic hydroxyl groups excluding tert-OH is 4. The van der Waals surface area contributed by atoms with Crippen molar-refractivity contribution in [3.05, 3.63) is 53.1 Å². The summed E-state index contributed by atoms with van der Waals surface area (Å²) >= 11 is 0. The van der Waals surface area contributed by atoms with E-state index in [4.69, 9.17) is 4.74 Å². The molecule has 3 rings (SSSR count). The smallest absolute Gasteiger partial charge is 0.157 e. The first-order valence-electron chi connectivity index (χ1n) is 8.64. The topological polar surface area (TPSA) is 151 Å². The number of hydrogen-bond acceptors (Lipinski definition) is 8. The van der Waals surface area contributed by atoms with Crippen molar-refractivity contribution in [2.45, 2.75) is 30.5 Å². The molecule has 1 unspecified atom stereocenters. The van der Waals surface area contributed by atoms with Gasteiger partial charge in [-0.2, -0.15) is 0 Å². The zero-order chi connectivity index (χ0) is 20.4. The molecule has 8 nitrogen and oxygen atoms in total. The first-order valence-corrected chi connectivity index (χ1v) is 8.64. The van der Waals surface area contributed by atoms with Gasteiger partial charge in [0.15, 0.2) is 11.5 Å². The molecule has 8 heteroatoms. The van der Waals surface area contributed by atoms with E-state index in [9.17, 15) is 35.7 Å². The maximum absolute atomic E-state index is 10.3. The molecular weight excluding hydrogens is 368 g/mol. The highest BCUT2D eigenvalue weighted by atomic mass is 16.5. The van der Waals surface area contributed by atoms with Gasteiger partial charge >= 0.3 is 0 Å². The van der Waals surface area contributed by atoms with E-state index in [1.165, 1.54) is 24.3 Å². The summed E-state index contributed by atoms with van der Waals surface area (Å²) in [6, 6.07) is 8.74. The average molecular weight is 390 g/mol. The van der Waals surface area contributed by atoms with Gasteiger partial charge in [-0.15, -0.1) is 0 Å². The lowest BCUT2D eigenvalue weighted by Gasteiger charge is -2.40. The molecule has 0 bridgehead atoms. The molecule has 0 saturated carbocycles. The van der Waals surface area contributed by atoms with Gasteiger partial charge in [-0.05, 0) is 47.0 Å². The third kappa shape index (κ3) is 4.11. The number of ether oxygens (including phenoxy) is 1. The van der Waals surface area contributed by atoms with Crippen molar-refractivity contribution in [2.24, 2.45) is 0 Å². The van der Waals surface area contributed by atoms with Gasteiger partial charge in [0, 0.05) is 0 Å². The second-order valence-corrected chi connectivity index (χ2v) is 6.69. The van der Waals surface area contributed by atoms with E-state index in [2.05, 4.69) is 0 Å². The zero-order valence-electron chi connectivity index (χ0n) is 14.8. The van der Waals surface area contributed by atoms with Crippen molar-refractivity contribution in [2.75, 3.05) is 6.61 Å². The number of aliphatic hydroxyl groups is 4. The van der Waals surface area contributed by atoms with E-state index in [0.717, 1.165) is 0 Å². The standard InChI is InChI=1S/C20H22O8/c21-9-16-17(25)18(26)19(27)20(28-16)12-5-11(6-13(22)8-12)2-1-10-3-4-14(23)15(24)7-10/h1-8,16-27H,9H2/b2-1+/t16-,17-,18+,19-,20?/m1/s1. The number of benzene rings is 2. The Morgan fingerprint density at radius 2 is 1.50 bits per heavy atom. The van der Waals surface area contributed by atoms with Crippen LogP contribution in [-0.4, -0.2) is 66.8 Å². The Hall–Kier alpha value is -2.62. The Balaban J connectivity index is 1.88. The molecule has 0 amide bonds. The molecule has 5 atom stereocenters. The Bertz CT molecular complexity index is 863. The molecule has 7 N–H and O–H groups in total. The fraction of sp³-hybridized carbons (Fsp3) is 0.300. The molecule has 1 aliphatic rings. The average Bonchev–Trinajstić information content (AvgIpc) is 2.67. The quantitative estimate of drug-likeness (QED) is 0.294. The van der Waals surface area contributed by atoms with Crippen LogP contribution in [0, 0.1) is 0 Å². The maximum atomic E-state index is 10.3. The third-order valence-corrected chi connectivity index (χ3v) is 4.65. The zero-order valence-corrected chi connectivity index (χ0v) is 14.8. The third-order valence-electron chi connectivity index (χ3n) is 4.65. The molecule has 0 radical (unpaired) electrons. The highest BCUT2D eigenvalue weighted by molar-refractivity contribution is 5.71. The molecule has 2 aromatic carbocycles. The highest BCUT2D eigenvalue weighted by Crippen LogP contribution is 2.34. The molecule has 1 saturated heterocycles. The van der Waals surface area contributed by atoms with E-state index in [0.29, 0.717) is 16.7 Å². The summed E-state index contributed by atoms with van der Waals surface area (Å²) in [5.74, 6) is -0.609. The minimum atomic E-state index is -1.52. The van der Waals surface area contributed by atoms with Crippen LogP contribution in [-0.2, 0) is 4.74 Å². The van der Waals surface area contributed by atoms with Crippen LogP contribution in [0.5, 0.6) is 17.2 Å². The SMILES string of the molecule is OC[C@H]1OC(c2cc(O)cc(/C=C/c3ccc(O)c(O)c3)c2)[C@H](O)[C@@H](O)[C@@H]1O. The van der Waals surface area contributed by atoms with Crippen LogP contribution in [0.25, 0.3) is 12.2 Å². The van der Waals surface area contributed by atoms with Crippen molar-refractivity contribution in [1.29, 1.82) is 0 Å². The Morgan fingerprint density at radius 3 is 2.18 bits per heavy atom. The molecule has 1 heterocycles. The van der Waals surface area contributed by atoms with Crippen LogP contribution in [0.4, 0.5) is 0 Å². The normalized spacial score (nSPS) is 27.9. The van der Waals surface area contributed by atoms with E-state index in [1.54, 1.807) is 24.3 Å². The van der Waals surface area contributed by atoms with Crippen LogP contribution >= 0.6 is 0 Å². The summed E-state index contributed by atoms with van der Waals surface area (Å²) in [6.45, 7) is -0.544. The molecular formula is C20H22O8. The van der Waals surface area contributed by atoms with Crippen LogP contribution in [0.2, 0.25) is 0 Å². The molecule has 150 valence electrons. The first kappa shape index (κ1) is 20.1. The Morgan fingerprint density at radius 1 is 0.786 bits per heavy atom. The number of phenols is 3. The van der Waals surface area contributed by atoms with E-state index in [-0.39, 0.29) is 17.2 Å². The molecule has 1 aliphatic heterocycles.